The summed E-state index contributed by atoms with van der Waals surface area (Å²) in [5, 5.41) is 9.13. The Morgan fingerprint density at radius 3 is 2.35 bits per heavy atom. The first-order valence-corrected chi connectivity index (χ1v) is 7.23. The predicted molar refractivity (Wildman–Crippen MR) is 72.2 cm³/mol. The lowest BCUT2D eigenvalue weighted by Crippen LogP contribution is -2.50. The number of hydrogen-bond donors (Lipinski definition) is 1. The van der Waals surface area contributed by atoms with E-state index < -0.39 is 21.5 Å². The van der Waals surface area contributed by atoms with Gasteiger partial charge in [-0.05, 0) is 26.8 Å². The van der Waals surface area contributed by atoms with Gasteiger partial charge in [0.2, 0.25) is 15.9 Å². The number of nitrogens with zero attached hydrogens (tertiary/aromatic N) is 2. The van der Waals surface area contributed by atoms with Crippen LogP contribution in [0.4, 0.5) is 0 Å². The fourth-order valence-corrected chi connectivity index (χ4v) is 3.13. The number of rotatable bonds is 5. The fourth-order valence-electron chi connectivity index (χ4n) is 1.49. The van der Waals surface area contributed by atoms with Crippen molar-refractivity contribution < 1.29 is 23.1 Å². The van der Waals surface area contributed by atoms with Gasteiger partial charge in [-0.3, -0.25) is 4.79 Å². The van der Waals surface area contributed by atoms with E-state index in [0.29, 0.717) is 5.88 Å². The van der Waals surface area contributed by atoms with Crippen molar-refractivity contribution >= 4 is 16.0 Å². The molecule has 0 spiro atoms. The zero-order chi connectivity index (χ0) is 15.7. The summed E-state index contributed by atoms with van der Waals surface area (Å²) in [7, 11) is -1.31. The van der Waals surface area contributed by atoms with Crippen molar-refractivity contribution in [2.45, 2.75) is 31.2 Å². The number of carboxylic acids is 1. The Balaban J connectivity index is 3.34. The molecule has 0 aliphatic carbocycles. The topological polar surface area (TPSA) is 96.8 Å². The van der Waals surface area contributed by atoms with Gasteiger partial charge >= 0.3 is 5.97 Å². The van der Waals surface area contributed by atoms with E-state index in [0.717, 1.165) is 4.31 Å². The Hall–Kier alpha value is -1.67. The first kappa shape index (κ1) is 16.4. The molecule has 0 radical (unpaired) electrons. The maximum Gasteiger partial charge on any atom is 0.324 e. The molecule has 20 heavy (non-hydrogen) atoms. The van der Waals surface area contributed by atoms with Gasteiger partial charge in [0.1, 0.15) is 10.4 Å². The van der Waals surface area contributed by atoms with Crippen LogP contribution < -0.4 is 4.74 Å². The third kappa shape index (κ3) is 2.75. The van der Waals surface area contributed by atoms with Crippen LogP contribution in [-0.4, -0.2) is 48.5 Å². The van der Waals surface area contributed by atoms with Gasteiger partial charge in [0.05, 0.1) is 12.8 Å². The maximum atomic E-state index is 12.5. The predicted octanol–water partition coefficient (Wildman–Crippen LogP) is 0.882. The number of methoxy groups -OCH3 is 1. The number of aryl methyl sites for hydroxylation is 1. The van der Waals surface area contributed by atoms with Crippen LogP contribution in [0.5, 0.6) is 5.88 Å². The molecular weight excluding hydrogens is 284 g/mol. The van der Waals surface area contributed by atoms with Gasteiger partial charge < -0.3 is 9.84 Å². The van der Waals surface area contributed by atoms with Crippen LogP contribution in [0.2, 0.25) is 0 Å². The molecule has 1 aromatic heterocycles. The molecule has 0 aliphatic rings. The molecule has 0 atom stereocenters. The van der Waals surface area contributed by atoms with Gasteiger partial charge in [0.25, 0.3) is 0 Å². The number of aliphatic carboxylic acids is 1. The quantitative estimate of drug-likeness (QED) is 0.867. The van der Waals surface area contributed by atoms with Crippen molar-refractivity contribution in [2.24, 2.45) is 0 Å². The van der Waals surface area contributed by atoms with Crippen molar-refractivity contribution in [1.82, 2.24) is 9.29 Å². The van der Waals surface area contributed by atoms with Crippen molar-refractivity contribution in [3.8, 4) is 5.88 Å². The van der Waals surface area contributed by atoms with Gasteiger partial charge in [-0.2, -0.15) is 4.31 Å². The first-order valence-electron chi connectivity index (χ1n) is 5.79. The fraction of sp³-hybridized carbons (Fsp3) is 0.500. The molecular formula is C12H18N2O5S. The summed E-state index contributed by atoms with van der Waals surface area (Å²) in [5.74, 6) is -0.940. The van der Waals surface area contributed by atoms with Gasteiger partial charge in [-0.25, -0.2) is 13.4 Å². The first-order chi connectivity index (χ1) is 9.05. The monoisotopic (exact) mass is 302 g/mol. The second-order valence-electron chi connectivity index (χ2n) is 4.77. The SMILES string of the molecule is COc1ccc(S(=O)(=O)N(C)C(C)(C)C(=O)O)c(C)n1. The van der Waals surface area contributed by atoms with E-state index in [1.165, 1.54) is 47.1 Å². The lowest BCUT2D eigenvalue weighted by Gasteiger charge is -2.30. The lowest BCUT2D eigenvalue weighted by atomic mass is 10.1. The highest BCUT2D eigenvalue weighted by Gasteiger charge is 2.40. The summed E-state index contributed by atoms with van der Waals surface area (Å²) in [4.78, 5) is 15.1. The van der Waals surface area contributed by atoms with E-state index in [9.17, 15) is 13.2 Å². The summed E-state index contributed by atoms with van der Waals surface area (Å²) in [6.07, 6.45) is 0. The second kappa shape index (κ2) is 5.37. The number of likely N-dealkylation sites (N-methyl/N-ethyl adjacent to an activating group) is 1. The largest absolute Gasteiger partial charge is 0.481 e. The van der Waals surface area contributed by atoms with Crippen LogP contribution in [0.3, 0.4) is 0 Å². The average molecular weight is 302 g/mol. The summed E-state index contributed by atoms with van der Waals surface area (Å²) in [5.41, 5.74) is -1.32. The molecule has 1 rings (SSSR count). The average Bonchev–Trinajstić information content (AvgIpc) is 2.36. The van der Waals surface area contributed by atoms with E-state index in [2.05, 4.69) is 4.98 Å². The smallest absolute Gasteiger partial charge is 0.324 e. The van der Waals surface area contributed by atoms with Crippen molar-refractivity contribution in [3.05, 3.63) is 17.8 Å². The summed E-state index contributed by atoms with van der Waals surface area (Å²) in [6.45, 7) is 4.16. The summed E-state index contributed by atoms with van der Waals surface area (Å²) in [6, 6.07) is 2.77. The van der Waals surface area contributed by atoms with Gasteiger partial charge in [0.15, 0.2) is 0 Å². The highest BCUT2D eigenvalue weighted by molar-refractivity contribution is 7.89. The number of sulfonamides is 1. The number of hydrogen-bond acceptors (Lipinski definition) is 5. The number of carboxylic acid groups (broad SMARTS) is 1. The van der Waals surface area contributed by atoms with Gasteiger partial charge in [-0.15, -0.1) is 0 Å². The molecule has 0 saturated carbocycles. The molecule has 1 aromatic rings. The van der Waals surface area contributed by atoms with Crippen LogP contribution in [0.1, 0.15) is 19.5 Å². The minimum Gasteiger partial charge on any atom is -0.481 e. The number of aromatic nitrogens is 1. The van der Waals surface area contributed by atoms with Crippen molar-refractivity contribution in [2.75, 3.05) is 14.2 Å². The number of carbonyl (C=O) groups is 1. The minimum absolute atomic E-state index is 0.0462. The molecule has 0 aromatic carbocycles. The van der Waals surface area contributed by atoms with Crippen molar-refractivity contribution in [3.63, 3.8) is 0 Å². The van der Waals surface area contributed by atoms with Crippen LogP contribution >= 0.6 is 0 Å². The standard InChI is InChI=1S/C12H18N2O5S/c1-8-9(6-7-10(13-8)19-5)20(17,18)14(4)12(2,3)11(15)16/h6-7H,1-5H3,(H,15,16). The molecule has 0 amide bonds. The Morgan fingerprint density at radius 2 is 1.95 bits per heavy atom. The molecule has 0 bridgehead atoms. The van der Waals surface area contributed by atoms with E-state index in [1.54, 1.807) is 0 Å². The number of ether oxygens (including phenoxy) is 1. The van der Waals surface area contributed by atoms with Crippen LogP contribution in [0, 0.1) is 6.92 Å². The molecule has 1 N–H and O–H groups in total. The van der Waals surface area contributed by atoms with Gasteiger partial charge in [-0.1, -0.05) is 0 Å². The molecule has 1 heterocycles. The highest BCUT2D eigenvalue weighted by Crippen LogP contribution is 2.25. The molecule has 112 valence electrons. The third-order valence-electron chi connectivity index (χ3n) is 3.17. The zero-order valence-corrected chi connectivity index (χ0v) is 12.9. The Morgan fingerprint density at radius 1 is 1.40 bits per heavy atom. The van der Waals surface area contributed by atoms with Crippen LogP contribution in [0.25, 0.3) is 0 Å². The van der Waals surface area contributed by atoms with E-state index in [4.69, 9.17) is 9.84 Å². The van der Waals surface area contributed by atoms with Crippen molar-refractivity contribution in [1.29, 1.82) is 0 Å². The Kier molecular flexibility index (Phi) is 4.40. The van der Waals surface area contributed by atoms with Gasteiger partial charge in [0, 0.05) is 13.1 Å². The normalized spacial score (nSPS) is 12.5. The molecule has 0 saturated heterocycles. The Bertz CT molecular complexity index is 625. The highest BCUT2D eigenvalue weighted by atomic mass is 32.2. The molecule has 0 fully saturated rings. The number of pyridine rings is 1. The Labute approximate surface area is 118 Å². The van der Waals surface area contributed by atoms with Crippen LogP contribution in [0.15, 0.2) is 17.0 Å². The second-order valence-corrected chi connectivity index (χ2v) is 6.71. The summed E-state index contributed by atoms with van der Waals surface area (Å²) < 4.78 is 30.7. The summed E-state index contributed by atoms with van der Waals surface area (Å²) >= 11 is 0. The van der Waals surface area contributed by atoms with E-state index in [1.807, 2.05) is 0 Å². The molecule has 0 aliphatic heterocycles. The minimum atomic E-state index is -3.96. The molecule has 0 unspecified atom stereocenters. The van der Waals surface area contributed by atoms with E-state index >= 15 is 0 Å². The lowest BCUT2D eigenvalue weighted by molar-refractivity contribution is -0.145. The van der Waals surface area contributed by atoms with E-state index in [-0.39, 0.29) is 10.6 Å². The van der Waals surface area contributed by atoms with Crippen LogP contribution in [-0.2, 0) is 14.8 Å². The molecule has 7 nitrogen and oxygen atoms in total. The maximum absolute atomic E-state index is 12.5. The molecule has 8 heteroatoms. The zero-order valence-electron chi connectivity index (χ0n) is 12.0. The third-order valence-corrected chi connectivity index (χ3v) is 5.33.